The van der Waals surface area contributed by atoms with E-state index >= 15 is 0 Å². The van der Waals surface area contributed by atoms with Crippen LogP contribution in [0.4, 0.5) is 0 Å². The number of nitrogens with zero attached hydrogens (tertiary/aromatic N) is 5. The number of rotatable bonds is 5. The van der Waals surface area contributed by atoms with Gasteiger partial charge in [-0.2, -0.15) is 0 Å². The van der Waals surface area contributed by atoms with Crippen molar-refractivity contribution in [2.75, 3.05) is 26.2 Å². The first-order chi connectivity index (χ1) is 11.2. The molecule has 1 fully saturated rings. The van der Waals surface area contributed by atoms with Gasteiger partial charge in [0.1, 0.15) is 5.82 Å². The van der Waals surface area contributed by atoms with Gasteiger partial charge >= 0.3 is 0 Å². The maximum atomic E-state index is 12.3. The second kappa shape index (κ2) is 7.37. The van der Waals surface area contributed by atoms with Crippen LogP contribution < -0.4 is 0 Å². The second-order valence-electron chi connectivity index (χ2n) is 5.97. The summed E-state index contributed by atoms with van der Waals surface area (Å²) in [5, 5.41) is 0. The summed E-state index contributed by atoms with van der Waals surface area (Å²) in [7, 11) is 2.01. The van der Waals surface area contributed by atoms with Gasteiger partial charge in [0.05, 0.1) is 6.54 Å². The Morgan fingerprint density at radius 3 is 2.70 bits per heavy atom. The monoisotopic (exact) mass is 313 g/mol. The number of carbonyl (C=O) groups is 1. The number of imidazole rings is 1. The molecule has 2 aromatic heterocycles. The van der Waals surface area contributed by atoms with E-state index in [9.17, 15) is 4.79 Å². The normalized spacial score (nSPS) is 15.8. The highest BCUT2D eigenvalue weighted by Gasteiger charge is 2.21. The maximum absolute atomic E-state index is 12.3. The Kier molecular flexibility index (Phi) is 5.02. The molecule has 2 aromatic rings. The number of aryl methyl sites for hydroxylation is 2. The van der Waals surface area contributed by atoms with Gasteiger partial charge in [-0.3, -0.25) is 14.7 Å². The van der Waals surface area contributed by atoms with Crippen LogP contribution in [0.1, 0.15) is 17.8 Å². The molecule has 6 heteroatoms. The highest BCUT2D eigenvalue weighted by atomic mass is 16.2. The lowest BCUT2D eigenvalue weighted by molar-refractivity contribution is -0.133. The lowest BCUT2D eigenvalue weighted by atomic mass is 10.1. The van der Waals surface area contributed by atoms with E-state index in [0.717, 1.165) is 50.5 Å². The van der Waals surface area contributed by atoms with Crippen molar-refractivity contribution in [2.24, 2.45) is 7.05 Å². The van der Waals surface area contributed by atoms with Gasteiger partial charge in [-0.25, -0.2) is 4.98 Å². The third kappa shape index (κ3) is 4.16. The van der Waals surface area contributed by atoms with Crippen molar-refractivity contribution in [1.29, 1.82) is 0 Å². The first-order valence-corrected chi connectivity index (χ1v) is 8.07. The molecule has 1 saturated heterocycles. The van der Waals surface area contributed by atoms with E-state index in [1.54, 1.807) is 6.20 Å². The summed E-state index contributed by atoms with van der Waals surface area (Å²) in [6.45, 7) is 4.27. The Hall–Kier alpha value is -2.21. The molecule has 0 aromatic carbocycles. The van der Waals surface area contributed by atoms with E-state index in [1.165, 1.54) is 0 Å². The largest absolute Gasteiger partial charge is 0.340 e. The summed E-state index contributed by atoms with van der Waals surface area (Å²) in [5.74, 6) is 1.31. The first kappa shape index (κ1) is 15.7. The van der Waals surface area contributed by atoms with Gasteiger partial charge in [-0.15, -0.1) is 0 Å². The highest BCUT2D eigenvalue weighted by Crippen LogP contribution is 2.09. The fourth-order valence-corrected chi connectivity index (χ4v) is 2.86. The summed E-state index contributed by atoms with van der Waals surface area (Å²) >= 11 is 0. The third-order valence-corrected chi connectivity index (χ3v) is 4.36. The van der Waals surface area contributed by atoms with E-state index in [2.05, 4.69) is 14.9 Å². The fourth-order valence-electron chi connectivity index (χ4n) is 2.86. The van der Waals surface area contributed by atoms with E-state index in [0.29, 0.717) is 6.42 Å². The van der Waals surface area contributed by atoms with Crippen molar-refractivity contribution in [1.82, 2.24) is 24.3 Å². The van der Waals surface area contributed by atoms with Crippen LogP contribution in [0.2, 0.25) is 0 Å². The SMILES string of the molecule is Cn1ccnc1CN1CCN(C(=O)CCc2cccnc2)CC1. The molecule has 1 aliphatic heterocycles. The predicted molar refractivity (Wildman–Crippen MR) is 87.6 cm³/mol. The standard InChI is InChI=1S/C17H23N5O/c1-20-8-7-19-16(20)14-21-9-11-22(12-10-21)17(23)5-4-15-3-2-6-18-13-15/h2-3,6-8,13H,4-5,9-12,14H2,1H3. The minimum Gasteiger partial charge on any atom is -0.340 e. The van der Waals surface area contributed by atoms with Crippen LogP contribution in [-0.2, 0) is 24.8 Å². The number of carbonyl (C=O) groups excluding carboxylic acids is 1. The average Bonchev–Trinajstić information content (AvgIpc) is 2.99. The lowest BCUT2D eigenvalue weighted by Gasteiger charge is -2.34. The molecule has 0 bridgehead atoms. The molecule has 0 atom stereocenters. The molecule has 1 amide bonds. The molecular formula is C17H23N5O. The van der Waals surface area contributed by atoms with Crippen molar-refractivity contribution < 1.29 is 4.79 Å². The summed E-state index contributed by atoms with van der Waals surface area (Å²) in [6.07, 6.45) is 8.70. The number of pyridine rings is 1. The molecule has 3 rings (SSSR count). The zero-order valence-corrected chi connectivity index (χ0v) is 13.6. The molecule has 0 saturated carbocycles. The summed E-state index contributed by atoms with van der Waals surface area (Å²) < 4.78 is 2.05. The number of amides is 1. The van der Waals surface area contributed by atoms with E-state index in [1.807, 2.05) is 47.2 Å². The van der Waals surface area contributed by atoms with Crippen LogP contribution in [0.3, 0.4) is 0 Å². The van der Waals surface area contributed by atoms with Gasteiger partial charge in [0.2, 0.25) is 5.91 Å². The molecule has 122 valence electrons. The molecule has 6 nitrogen and oxygen atoms in total. The number of piperazine rings is 1. The van der Waals surface area contributed by atoms with E-state index < -0.39 is 0 Å². The predicted octanol–water partition coefficient (Wildman–Crippen LogP) is 1.09. The van der Waals surface area contributed by atoms with Crippen molar-refractivity contribution in [2.45, 2.75) is 19.4 Å². The molecular weight excluding hydrogens is 290 g/mol. The Labute approximate surface area is 136 Å². The molecule has 0 spiro atoms. The summed E-state index contributed by atoms with van der Waals surface area (Å²) in [5.41, 5.74) is 1.12. The van der Waals surface area contributed by atoms with Crippen molar-refractivity contribution >= 4 is 5.91 Å². The zero-order chi connectivity index (χ0) is 16.1. The van der Waals surface area contributed by atoms with Gasteiger partial charge in [0.15, 0.2) is 0 Å². The van der Waals surface area contributed by atoms with Crippen LogP contribution in [0.5, 0.6) is 0 Å². The quantitative estimate of drug-likeness (QED) is 0.829. The Balaban J connectivity index is 1.43. The minimum absolute atomic E-state index is 0.241. The van der Waals surface area contributed by atoms with E-state index in [4.69, 9.17) is 0 Å². The molecule has 0 radical (unpaired) electrons. The summed E-state index contributed by atoms with van der Waals surface area (Å²) in [6, 6.07) is 3.93. The van der Waals surface area contributed by atoms with Crippen LogP contribution >= 0.6 is 0 Å². The van der Waals surface area contributed by atoms with Gasteiger partial charge in [0, 0.05) is 64.4 Å². The number of aromatic nitrogens is 3. The van der Waals surface area contributed by atoms with Crippen LogP contribution in [-0.4, -0.2) is 56.4 Å². The fraction of sp³-hybridized carbons (Fsp3) is 0.471. The lowest BCUT2D eigenvalue weighted by Crippen LogP contribution is -2.48. The maximum Gasteiger partial charge on any atom is 0.222 e. The molecule has 0 aliphatic carbocycles. The topological polar surface area (TPSA) is 54.3 Å². The molecule has 1 aliphatic rings. The Bertz CT molecular complexity index is 631. The van der Waals surface area contributed by atoms with Gasteiger partial charge in [0.25, 0.3) is 0 Å². The molecule has 0 N–H and O–H groups in total. The van der Waals surface area contributed by atoms with E-state index in [-0.39, 0.29) is 5.91 Å². The van der Waals surface area contributed by atoms with Crippen molar-refractivity contribution in [3.8, 4) is 0 Å². The van der Waals surface area contributed by atoms with Crippen molar-refractivity contribution in [3.05, 3.63) is 48.3 Å². The number of hydrogen-bond donors (Lipinski definition) is 0. The van der Waals surface area contributed by atoms with Gasteiger partial charge < -0.3 is 9.47 Å². The highest BCUT2D eigenvalue weighted by molar-refractivity contribution is 5.76. The van der Waals surface area contributed by atoms with Crippen LogP contribution in [0.25, 0.3) is 0 Å². The van der Waals surface area contributed by atoms with Crippen LogP contribution in [0.15, 0.2) is 36.9 Å². The van der Waals surface area contributed by atoms with Gasteiger partial charge in [-0.05, 0) is 18.1 Å². The molecule has 3 heterocycles. The second-order valence-corrected chi connectivity index (χ2v) is 5.97. The van der Waals surface area contributed by atoms with Gasteiger partial charge in [-0.1, -0.05) is 6.07 Å². The Morgan fingerprint density at radius 1 is 1.22 bits per heavy atom. The minimum atomic E-state index is 0.241. The first-order valence-electron chi connectivity index (χ1n) is 8.07. The summed E-state index contributed by atoms with van der Waals surface area (Å²) in [4.78, 5) is 25.1. The third-order valence-electron chi connectivity index (χ3n) is 4.36. The van der Waals surface area contributed by atoms with Crippen LogP contribution in [0, 0.1) is 0 Å². The smallest absolute Gasteiger partial charge is 0.222 e. The zero-order valence-electron chi connectivity index (χ0n) is 13.6. The average molecular weight is 313 g/mol. The van der Waals surface area contributed by atoms with Crippen molar-refractivity contribution in [3.63, 3.8) is 0 Å². The Morgan fingerprint density at radius 2 is 2.04 bits per heavy atom. The molecule has 0 unspecified atom stereocenters. The number of hydrogen-bond acceptors (Lipinski definition) is 4. The molecule has 23 heavy (non-hydrogen) atoms.